The third kappa shape index (κ3) is 4.05. The second-order valence-electron chi connectivity index (χ2n) is 5.08. The monoisotopic (exact) mass is 314 g/mol. The first-order chi connectivity index (χ1) is 11.0. The first kappa shape index (κ1) is 16.9. The molecular weight excluding hydrogens is 295 g/mol. The van der Waals surface area contributed by atoms with E-state index in [1.807, 2.05) is 6.07 Å². The van der Waals surface area contributed by atoms with Crippen LogP contribution in [0, 0.1) is 5.82 Å². The van der Waals surface area contributed by atoms with E-state index in [0.717, 1.165) is 0 Å². The summed E-state index contributed by atoms with van der Waals surface area (Å²) in [5.41, 5.74) is 1.96. The average molecular weight is 314 g/mol. The van der Waals surface area contributed by atoms with Crippen LogP contribution in [0.4, 0.5) is 4.39 Å². The van der Waals surface area contributed by atoms with E-state index in [4.69, 9.17) is 4.74 Å². The second-order valence-corrected chi connectivity index (χ2v) is 5.08. The summed E-state index contributed by atoms with van der Waals surface area (Å²) >= 11 is 0. The summed E-state index contributed by atoms with van der Waals surface area (Å²) in [5, 5.41) is 10.6. The highest BCUT2D eigenvalue weighted by Crippen LogP contribution is 2.30. The van der Waals surface area contributed by atoms with Crippen molar-refractivity contribution in [3.05, 3.63) is 77.1 Å². The zero-order valence-electron chi connectivity index (χ0n) is 13.1. The van der Waals surface area contributed by atoms with E-state index in [0.29, 0.717) is 16.7 Å². The Hall–Kier alpha value is -2.46. The maximum absolute atomic E-state index is 13.1. The summed E-state index contributed by atoms with van der Waals surface area (Å²) < 4.78 is 18.2. The second kappa shape index (κ2) is 7.70. The molecule has 23 heavy (non-hydrogen) atoms. The number of carbonyl (C=O) groups is 1. The van der Waals surface area contributed by atoms with Crippen molar-refractivity contribution >= 4 is 11.5 Å². The number of aliphatic hydroxyl groups excluding tert-OH is 1. The zero-order chi connectivity index (χ0) is 16.8. The smallest absolute Gasteiger partial charge is 0.337 e. The summed E-state index contributed by atoms with van der Waals surface area (Å²) in [6.07, 6.45) is -1.11. The quantitative estimate of drug-likeness (QED) is 0.672. The minimum Gasteiger partial charge on any atom is -0.463 e. The number of hydrogen-bond acceptors (Lipinski definition) is 3. The molecule has 0 spiro atoms. The van der Waals surface area contributed by atoms with E-state index in [1.165, 1.54) is 12.1 Å². The number of hydrogen-bond donors (Lipinski definition) is 1. The molecule has 0 radical (unpaired) electrons. The van der Waals surface area contributed by atoms with Crippen LogP contribution in [0.3, 0.4) is 0 Å². The molecule has 1 atom stereocenters. The lowest BCUT2D eigenvalue weighted by molar-refractivity contribution is -0.139. The van der Waals surface area contributed by atoms with Crippen molar-refractivity contribution in [3.8, 4) is 0 Å². The normalized spacial score (nSPS) is 13.2. The van der Waals surface area contributed by atoms with Crippen molar-refractivity contribution in [2.45, 2.75) is 20.0 Å². The molecule has 2 aromatic rings. The first-order valence-electron chi connectivity index (χ1n) is 7.41. The molecule has 3 nitrogen and oxygen atoms in total. The summed E-state index contributed by atoms with van der Waals surface area (Å²) in [7, 11) is 0. The standard InChI is InChI=1S/C19H19FO3/c1-3-23-19(22)17(18(21)15-7-5-4-6-8-15)13(2)14-9-11-16(20)12-10-14/h4-12,18,21H,3H2,1-2H3/b17-13-. The van der Waals surface area contributed by atoms with Crippen LogP contribution < -0.4 is 0 Å². The van der Waals surface area contributed by atoms with E-state index in [-0.39, 0.29) is 18.0 Å². The van der Waals surface area contributed by atoms with Gasteiger partial charge >= 0.3 is 5.97 Å². The van der Waals surface area contributed by atoms with Crippen LogP contribution in [0.5, 0.6) is 0 Å². The van der Waals surface area contributed by atoms with Crippen molar-refractivity contribution in [2.75, 3.05) is 6.61 Å². The highest BCUT2D eigenvalue weighted by molar-refractivity contribution is 5.98. The number of rotatable bonds is 5. The minimum absolute atomic E-state index is 0.157. The Bertz CT molecular complexity index is 690. The van der Waals surface area contributed by atoms with Crippen LogP contribution in [0.25, 0.3) is 5.57 Å². The predicted octanol–water partition coefficient (Wildman–Crippen LogP) is 3.90. The fraction of sp³-hybridized carbons (Fsp3) is 0.211. The van der Waals surface area contributed by atoms with E-state index in [1.54, 1.807) is 50.2 Å². The van der Waals surface area contributed by atoms with Crippen LogP contribution in [0.2, 0.25) is 0 Å². The Labute approximate surface area is 135 Å². The Morgan fingerprint density at radius 1 is 1.13 bits per heavy atom. The van der Waals surface area contributed by atoms with Gasteiger partial charge in [0.25, 0.3) is 0 Å². The number of allylic oxidation sites excluding steroid dienone is 1. The molecule has 1 unspecified atom stereocenters. The molecule has 2 rings (SSSR count). The van der Waals surface area contributed by atoms with Gasteiger partial charge in [-0.15, -0.1) is 0 Å². The van der Waals surface area contributed by atoms with Crippen molar-refractivity contribution in [1.29, 1.82) is 0 Å². The van der Waals surface area contributed by atoms with Gasteiger partial charge < -0.3 is 9.84 Å². The first-order valence-corrected chi connectivity index (χ1v) is 7.41. The molecule has 120 valence electrons. The molecule has 0 aliphatic rings. The van der Waals surface area contributed by atoms with E-state index in [2.05, 4.69) is 0 Å². The number of carbonyl (C=O) groups excluding carboxylic acids is 1. The summed E-state index contributed by atoms with van der Waals surface area (Å²) in [6.45, 7) is 3.63. The van der Waals surface area contributed by atoms with Crippen molar-refractivity contribution in [3.63, 3.8) is 0 Å². The van der Waals surface area contributed by atoms with Crippen LogP contribution in [-0.4, -0.2) is 17.7 Å². The van der Waals surface area contributed by atoms with Crippen molar-refractivity contribution in [1.82, 2.24) is 0 Å². The van der Waals surface area contributed by atoms with Gasteiger partial charge in [-0.25, -0.2) is 9.18 Å². The highest BCUT2D eigenvalue weighted by atomic mass is 19.1. The molecule has 0 aromatic heterocycles. The Morgan fingerprint density at radius 2 is 1.74 bits per heavy atom. The average Bonchev–Trinajstić information content (AvgIpc) is 2.56. The van der Waals surface area contributed by atoms with Gasteiger partial charge in [0.1, 0.15) is 11.9 Å². The third-order valence-corrected chi connectivity index (χ3v) is 3.57. The molecule has 4 heteroatoms. The summed E-state index contributed by atoms with van der Waals surface area (Å²) in [5.74, 6) is -0.937. The fourth-order valence-electron chi connectivity index (χ4n) is 2.34. The zero-order valence-corrected chi connectivity index (χ0v) is 13.1. The Morgan fingerprint density at radius 3 is 2.30 bits per heavy atom. The predicted molar refractivity (Wildman–Crippen MR) is 87.0 cm³/mol. The third-order valence-electron chi connectivity index (χ3n) is 3.57. The van der Waals surface area contributed by atoms with Crippen molar-refractivity contribution < 1.29 is 19.0 Å². The minimum atomic E-state index is -1.11. The Balaban J connectivity index is 2.50. The topological polar surface area (TPSA) is 46.5 Å². The molecule has 0 saturated heterocycles. The molecule has 0 fully saturated rings. The maximum atomic E-state index is 13.1. The number of benzene rings is 2. The molecular formula is C19H19FO3. The summed E-state index contributed by atoms with van der Waals surface area (Å²) in [6, 6.07) is 14.7. The molecule has 1 N–H and O–H groups in total. The number of ether oxygens (including phenoxy) is 1. The van der Waals surface area contributed by atoms with Gasteiger partial charge in [-0.1, -0.05) is 42.5 Å². The van der Waals surface area contributed by atoms with Crippen molar-refractivity contribution in [2.24, 2.45) is 0 Å². The molecule has 0 bridgehead atoms. The van der Waals surface area contributed by atoms with E-state index >= 15 is 0 Å². The fourth-order valence-corrected chi connectivity index (χ4v) is 2.34. The van der Waals surface area contributed by atoms with Gasteiger partial charge in [-0.3, -0.25) is 0 Å². The largest absolute Gasteiger partial charge is 0.463 e. The van der Waals surface area contributed by atoms with Gasteiger partial charge in [0, 0.05) is 0 Å². The number of halogens is 1. The van der Waals surface area contributed by atoms with E-state index in [9.17, 15) is 14.3 Å². The lowest BCUT2D eigenvalue weighted by atomic mass is 9.93. The Kier molecular flexibility index (Phi) is 5.66. The molecule has 0 aliphatic carbocycles. The van der Waals surface area contributed by atoms with Crippen LogP contribution >= 0.6 is 0 Å². The number of aliphatic hydroxyl groups is 1. The summed E-state index contributed by atoms with van der Waals surface area (Å²) in [4.78, 5) is 12.3. The van der Waals surface area contributed by atoms with Gasteiger partial charge in [-0.2, -0.15) is 0 Å². The molecule has 0 amide bonds. The molecule has 2 aromatic carbocycles. The SMILES string of the molecule is CCOC(=O)/C(=C(/C)c1ccc(F)cc1)C(O)c1ccccc1. The lowest BCUT2D eigenvalue weighted by Crippen LogP contribution is -2.16. The highest BCUT2D eigenvalue weighted by Gasteiger charge is 2.24. The van der Waals surface area contributed by atoms with Crippen LogP contribution in [0.1, 0.15) is 31.1 Å². The molecule has 0 aliphatic heterocycles. The van der Waals surface area contributed by atoms with Crippen LogP contribution in [-0.2, 0) is 9.53 Å². The maximum Gasteiger partial charge on any atom is 0.337 e. The van der Waals surface area contributed by atoms with Gasteiger partial charge in [0.2, 0.25) is 0 Å². The van der Waals surface area contributed by atoms with E-state index < -0.39 is 12.1 Å². The van der Waals surface area contributed by atoms with Crippen LogP contribution in [0.15, 0.2) is 60.2 Å². The molecule has 0 heterocycles. The van der Waals surface area contributed by atoms with Gasteiger partial charge in [-0.05, 0) is 42.7 Å². The lowest BCUT2D eigenvalue weighted by Gasteiger charge is -2.18. The van der Waals surface area contributed by atoms with Gasteiger partial charge in [0.15, 0.2) is 0 Å². The molecule has 0 saturated carbocycles. The van der Waals surface area contributed by atoms with Gasteiger partial charge in [0.05, 0.1) is 12.2 Å². The number of esters is 1.